The van der Waals surface area contributed by atoms with Crippen molar-refractivity contribution >= 4 is 70.0 Å². The molecule has 2 aromatic carbocycles. The van der Waals surface area contributed by atoms with Gasteiger partial charge >= 0.3 is 5.97 Å². The van der Waals surface area contributed by atoms with Gasteiger partial charge in [-0.3, -0.25) is 14.4 Å². The van der Waals surface area contributed by atoms with Crippen LogP contribution < -0.4 is 15.4 Å². The number of hydrogen-bond acceptors (Lipinski definition) is 7. The summed E-state index contributed by atoms with van der Waals surface area (Å²) in [5, 5.41) is 16.3. The molecule has 12 heteroatoms. The largest absolute Gasteiger partial charge is 0.491 e. The Morgan fingerprint density at radius 1 is 1.19 bits per heavy atom. The molecule has 194 valence electrons. The van der Waals surface area contributed by atoms with Gasteiger partial charge in [-0.1, -0.05) is 52.6 Å². The van der Waals surface area contributed by atoms with Crippen molar-refractivity contribution in [1.82, 2.24) is 5.32 Å². The van der Waals surface area contributed by atoms with Crippen LogP contribution in [-0.4, -0.2) is 37.3 Å². The van der Waals surface area contributed by atoms with E-state index in [0.717, 1.165) is 18.9 Å². The fourth-order valence-corrected chi connectivity index (χ4v) is 5.42. The maximum atomic E-state index is 13.0. The van der Waals surface area contributed by atoms with Crippen LogP contribution in [0.25, 0.3) is 0 Å². The number of nitriles is 1. The number of carbonyl (C=O) groups is 3. The molecule has 2 atom stereocenters. The number of nitrogens with one attached hydrogen (secondary N) is 2. The van der Waals surface area contributed by atoms with E-state index in [4.69, 9.17) is 44.3 Å². The van der Waals surface area contributed by atoms with Gasteiger partial charge in [0.25, 0.3) is 0 Å². The number of allylic oxidation sites excluding steroid dienone is 1. The summed E-state index contributed by atoms with van der Waals surface area (Å²) >= 11 is 19.8. The van der Waals surface area contributed by atoms with Gasteiger partial charge in [0, 0.05) is 16.6 Å². The lowest BCUT2D eigenvalue weighted by Gasteiger charge is -2.31. The van der Waals surface area contributed by atoms with Crippen LogP contribution in [0.2, 0.25) is 15.1 Å². The minimum atomic E-state index is -1.38. The molecule has 0 unspecified atom stereocenters. The maximum Gasteiger partial charge on any atom is 0.319 e. The van der Waals surface area contributed by atoms with Crippen LogP contribution in [0.3, 0.4) is 0 Å². The third-order valence-corrected chi connectivity index (χ3v) is 7.53. The first-order valence-corrected chi connectivity index (χ1v) is 13.1. The smallest absolute Gasteiger partial charge is 0.319 e. The molecule has 1 heterocycles. The lowest BCUT2D eigenvalue weighted by molar-refractivity contribution is -0.150. The molecule has 0 saturated heterocycles. The van der Waals surface area contributed by atoms with Gasteiger partial charge in [0.2, 0.25) is 11.8 Å². The first-order chi connectivity index (χ1) is 17.6. The monoisotopic (exact) mass is 581 g/mol. The minimum Gasteiger partial charge on any atom is -0.491 e. The second-order valence-corrected chi connectivity index (χ2v) is 10.0. The molecule has 0 bridgehead atoms. The molecule has 0 spiro atoms. The normalized spacial score (nSPS) is 17.1. The van der Waals surface area contributed by atoms with E-state index in [1.807, 2.05) is 0 Å². The van der Waals surface area contributed by atoms with Crippen LogP contribution in [0.5, 0.6) is 5.75 Å². The number of esters is 1. The Labute approximate surface area is 233 Å². The number of amides is 2. The molecule has 0 aromatic heterocycles. The summed E-state index contributed by atoms with van der Waals surface area (Å²) in [4.78, 5) is 38.3. The number of methoxy groups -OCH3 is 1. The molecular formula is C25H22Cl3N3O5S. The highest BCUT2D eigenvalue weighted by molar-refractivity contribution is 8.03. The molecule has 0 aliphatic carbocycles. The van der Waals surface area contributed by atoms with E-state index in [0.29, 0.717) is 28.4 Å². The van der Waals surface area contributed by atoms with E-state index in [-0.39, 0.29) is 38.1 Å². The molecule has 2 amide bonds. The highest BCUT2D eigenvalue weighted by Crippen LogP contribution is 2.44. The predicted molar refractivity (Wildman–Crippen MR) is 144 cm³/mol. The van der Waals surface area contributed by atoms with Crippen LogP contribution in [0, 0.1) is 24.2 Å². The number of anilines is 1. The van der Waals surface area contributed by atoms with Crippen LogP contribution in [0.4, 0.5) is 5.69 Å². The number of ether oxygens (including phenoxy) is 2. The average molecular weight is 583 g/mol. The Kier molecular flexibility index (Phi) is 9.74. The number of benzene rings is 2. The zero-order valence-corrected chi connectivity index (χ0v) is 23.1. The molecule has 0 radical (unpaired) electrons. The van der Waals surface area contributed by atoms with E-state index >= 15 is 0 Å². The summed E-state index contributed by atoms with van der Waals surface area (Å²) < 4.78 is 10.3. The first kappa shape index (κ1) is 28.7. The second kappa shape index (κ2) is 12.6. The molecular weight excluding hydrogens is 561 g/mol. The van der Waals surface area contributed by atoms with Gasteiger partial charge in [-0.25, -0.2) is 0 Å². The number of halogens is 3. The van der Waals surface area contributed by atoms with Crippen molar-refractivity contribution in [3.63, 3.8) is 0 Å². The quantitative estimate of drug-likeness (QED) is 0.313. The van der Waals surface area contributed by atoms with Crippen molar-refractivity contribution in [1.29, 1.82) is 5.26 Å². The molecule has 1 aliphatic rings. The lowest BCUT2D eigenvalue weighted by atomic mass is 9.78. The second-order valence-electron chi connectivity index (χ2n) is 7.82. The van der Waals surface area contributed by atoms with Gasteiger partial charge in [0.15, 0.2) is 5.75 Å². The fraction of sp³-hybridized carbons (Fsp3) is 0.280. The molecule has 0 fully saturated rings. The van der Waals surface area contributed by atoms with Crippen molar-refractivity contribution in [3.05, 3.63) is 67.1 Å². The zero-order valence-electron chi connectivity index (χ0n) is 20.0. The first-order valence-electron chi connectivity index (χ1n) is 10.9. The van der Waals surface area contributed by atoms with Gasteiger partial charge in [0.1, 0.15) is 5.92 Å². The van der Waals surface area contributed by atoms with Crippen molar-refractivity contribution < 1.29 is 23.9 Å². The topological polar surface area (TPSA) is 118 Å². The maximum absolute atomic E-state index is 13.0. The average Bonchev–Trinajstić information content (AvgIpc) is 2.86. The molecule has 37 heavy (non-hydrogen) atoms. The minimum absolute atomic E-state index is 0.0584. The van der Waals surface area contributed by atoms with Crippen LogP contribution in [0.1, 0.15) is 24.0 Å². The molecule has 0 saturated carbocycles. The van der Waals surface area contributed by atoms with Gasteiger partial charge in [-0.2, -0.15) is 5.26 Å². The SMILES string of the molecule is CCOc1c(Cl)cc([C@@H]2C(C#N)=C(SCC(=O)Nc3cccc(Cl)c3C)NC(=O)[C@@H]2C(=O)OC)cc1Cl. The number of rotatable bonds is 8. The highest BCUT2D eigenvalue weighted by atomic mass is 35.5. The zero-order chi connectivity index (χ0) is 27.3. The number of carbonyl (C=O) groups excluding carboxylic acids is 3. The predicted octanol–water partition coefficient (Wildman–Crippen LogP) is 5.46. The van der Waals surface area contributed by atoms with Crippen molar-refractivity contribution in [2.75, 3.05) is 24.8 Å². The third-order valence-electron chi connectivity index (χ3n) is 5.54. The molecule has 8 nitrogen and oxygen atoms in total. The number of thioether (sulfide) groups is 1. The Morgan fingerprint density at radius 2 is 1.86 bits per heavy atom. The van der Waals surface area contributed by atoms with Crippen LogP contribution in [0.15, 0.2) is 40.9 Å². The van der Waals surface area contributed by atoms with Crippen molar-refractivity contribution in [2.45, 2.75) is 19.8 Å². The van der Waals surface area contributed by atoms with E-state index in [9.17, 15) is 19.6 Å². The van der Waals surface area contributed by atoms with Crippen LogP contribution in [-0.2, 0) is 19.1 Å². The van der Waals surface area contributed by atoms with E-state index in [1.54, 1.807) is 32.0 Å². The van der Waals surface area contributed by atoms with Gasteiger partial charge in [0.05, 0.1) is 46.2 Å². The Balaban J connectivity index is 1.97. The third kappa shape index (κ3) is 6.33. The Bertz CT molecular complexity index is 1300. The number of nitrogens with zero attached hydrogens (tertiary/aromatic N) is 1. The summed E-state index contributed by atoms with van der Waals surface area (Å²) in [5.41, 5.74) is 1.65. The molecule has 1 aliphatic heterocycles. The van der Waals surface area contributed by atoms with E-state index in [2.05, 4.69) is 16.7 Å². The molecule has 2 aromatic rings. The molecule has 3 rings (SSSR count). The molecule has 2 N–H and O–H groups in total. The van der Waals surface area contributed by atoms with Gasteiger partial charge in [-0.15, -0.1) is 0 Å². The summed E-state index contributed by atoms with van der Waals surface area (Å²) in [7, 11) is 1.15. The lowest BCUT2D eigenvalue weighted by Crippen LogP contribution is -2.44. The van der Waals surface area contributed by atoms with Crippen molar-refractivity contribution in [3.8, 4) is 11.8 Å². The number of hydrogen-bond donors (Lipinski definition) is 2. The van der Waals surface area contributed by atoms with E-state index in [1.165, 1.54) is 12.1 Å². The Hall–Kier alpha value is -2.90. The summed E-state index contributed by atoms with van der Waals surface area (Å²) in [5.74, 6) is -4.23. The summed E-state index contributed by atoms with van der Waals surface area (Å²) in [6, 6.07) is 10.2. The summed E-state index contributed by atoms with van der Waals surface area (Å²) in [6.45, 7) is 3.85. The van der Waals surface area contributed by atoms with Gasteiger partial charge in [-0.05, 0) is 49.2 Å². The van der Waals surface area contributed by atoms with E-state index < -0.39 is 23.7 Å². The summed E-state index contributed by atoms with van der Waals surface area (Å²) in [6.07, 6.45) is 0. The highest BCUT2D eigenvalue weighted by Gasteiger charge is 2.44. The van der Waals surface area contributed by atoms with Crippen LogP contribution >= 0.6 is 46.6 Å². The van der Waals surface area contributed by atoms with Crippen molar-refractivity contribution in [2.24, 2.45) is 5.92 Å². The standard InChI is InChI=1S/C25H22Cl3N3O5S/c1-4-36-22-16(27)8-13(9-17(22)28)20-14(10-29)24(31-23(33)21(20)25(34)35-3)37-11-19(32)30-18-7-5-6-15(26)12(18)2/h5-9,20-21H,4,11H2,1-3H3,(H,30,32)(H,31,33)/t20-,21-/m1/s1. The fourth-order valence-electron chi connectivity index (χ4n) is 3.79. The Morgan fingerprint density at radius 3 is 2.46 bits per heavy atom. The van der Waals surface area contributed by atoms with Gasteiger partial charge < -0.3 is 20.1 Å².